The lowest BCUT2D eigenvalue weighted by Gasteiger charge is -2.17. The summed E-state index contributed by atoms with van der Waals surface area (Å²) >= 11 is 12.1. The highest BCUT2D eigenvalue weighted by Gasteiger charge is 2.14. The number of hydrogen-bond acceptors (Lipinski definition) is 3. The highest BCUT2D eigenvalue weighted by Crippen LogP contribution is 2.30. The molecule has 1 aliphatic rings. The fraction of sp³-hybridized carbons (Fsp3) is 0.316. The first kappa shape index (κ1) is 18.7. The summed E-state index contributed by atoms with van der Waals surface area (Å²) in [5, 5.41) is 6.78. The maximum absolute atomic E-state index is 12.2. The van der Waals surface area contributed by atoms with Gasteiger partial charge in [-0.15, -0.1) is 0 Å². The van der Waals surface area contributed by atoms with Crippen LogP contribution in [0.15, 0.2) is 36.4 Å². The Morgan fingerprint density at radius 1 is 1.12 bits per heavy atom. The lowest BCUT2D eigenvalue weighted by Crippen LogP contribution is -2.36. The summed E-state index contributed by atoms with van der Waals surface area (Å²) in [4.78, 5) is 12.2. The number of carbonyl (C=O) groups excluding carboxylic acids is 1. The van der Waals surface area contributed by atoms with Gasteiger partial charge in [0.15, 0.2) is 11.5 Å². The Bertz CT molecular complexity index is 798. The van der Waals surface area contributed by atoms with Crippen LogP contribution >= 0.6 is 23.2 Å². The Kier molecular flexibility index (Phi) is 6.12. The average molecular weight is 395 g/mol. The molecule has 1 atom stereocenters. The summed E-state index contributed by atoms with van der Waals surface area (Å²) in [6, 6.07) is 10.3. The molecule has 1 heterocycles. The molecule has 0 saturated carbocycles. The summed E-state index contributed by atoms with van der Waals surface area (Å²) < 4.78 is 11.3. The number of carbonyl (C=O) groups is 1. The van der Waals surface area contributed by atoms with E-state index < -0.39 is 0 Å². The van der Waals surface area contributed by atoms with Gasteiger partial charge in [0.25, 0.3) is 0 Å². The summed E-state index contributed by atoms with van der Waals surface area (Å²) in [5.41, 5.74) is 1.74. The van der Waals surface area contributed by atoms with Crippen LogP contribution in [0.1, 0.15) is 30.5 Å². The van der Waals surface area contributed by atoms with E-state index in [4.69, 9.17) is 32.7 Å². The van der Waals surface area contributed by atoms with Gasteiger partial charge in [-0.1, -0.05) is 35.3 Å². The third-order valence-corrected chi connectivity index (χ3v) is 4.60. The SMILES string of the molecule is CC(NC(=O)NCc1ccc2c(c1)OCCCO2)c1ccc(Cl)cc1Cl. The van der Waals surface area contributed by atoms with Crippen molar-refractivity contribution in [2.24, 2.45) is 0 Å². The van der Waals surface area contributed by atoms with Crippen LogP contribution in [0.2, 0.25) is 10.0 Å². The van der Waals surface area contributed by atoms with Crippen molar-refractivity contribution in [1.29, 1.82) is 0 Å². The number of benzene rings is 2. The fourth-order valence-corrected chi connectivity index (χ4v) is 3.25. The largest absolute Gasteiger partial charge is 0.490 e. The van der Waals surface area contributed by atoms with E-state index in [1.165, 1.54) is 0 Å². The summed E-state index contributed by atoms with van der Waals surface area (Å²) in [6.07, 6.45) is 0.857. The number of rotatable bonds is 4. The van der Waals surface area contributed by atoms with Gasteiger partial charge in [0.2, 0.25) is 0 Å². The molecule has 0 fully saturated rings. The second kappa shape index (κ2) is 8.52. The van der Waals surface area contributed by atoms with Gasteiger partial charge in [0, 0.05) is 23.0 Å². The van der Waals surface area contributed by atoms with Gasteiger partial charge < -0.3 is 20.1 Å². The van der Waals surface area contributed by atoms with Crippen molar-refractivity contribution in [1.82, 2.24) is 10.6 Å². The molecule has 138 valence electrons. The molecule has 5 nitrogen and oxygen atoms in total. The van der Waals surface area contributed by atoms with Gasteiger partial charge in [-0.3, -0.25) is 0 Å². The van der Waals surface area contributed by atoms with Crippen molar-refractivity contribution in [2.45, 2.75) is 25.9 Å². The topological polar surface area (TPSA) is 59.6 Å². The van der Waals surface area contributed by atoms with Crippen molar-refractivity contribution in [3.63, 3.8) is 0 Å². The number of ether oxygens (including phenoxy) is 2. The van der Waals surface area contributed by atoms with E-state index in [9.17, 15) is 4.79 Å². The van der Waals surface area contributed by atoms with Crippen LogP contribution in [0.25, 0.3) is 0 Å². The van der Waals surface area contributed by atoms with Crippen LogP contribution in [-0.2, 0) is 6.54 Å². The standard InChI is InChI=1S/C19H20Cl2N2O3/c1-12(15-5-4-14(20)10-16(15)21)23-19(24)22-11-13-3-6-17-18(9-13)26-8-2-7-25-17/h3-6,9-10,12H,2,7-8,11H2,1H3,(H2,22,23,24). The van der Waals surface area contributed by atoms with Crippen molar-refractivity contribution in [3.8, 4) is 11.5 Å². The maximum Gasteiger partial charge on any atom is 0.315 e. The summed E-state index contributed by atoms with van der Waals surface area (Å²) in [6.45, 7) is 3.52. The molecule has 2 aromatic carbocycles. The number of hydrogen-bond donors (Lipinski definition) is 2. The molecule has 0 bridgehead atoms. The Hall–Kier alpha value is -2.11. The van der Waals surface area contributed by atoms with E-state index in [0.29, 0.717) is 35.6 Å². The molecule has 0 aliphatic carbocycles. The predicted molar refractivity (Wildman–Crippen MR) is 102 cm³/mol. The van der Waals surface area contributed by atoms with E-state index in [1.807, 2.05) is 25.1 Å². The average Bonchev–Trinajstić information content (AvgIpc) is 2.84. The molecule has 0 radical (unpaired) electrons. The molecule has 7 heteroatoms. The Morgan fingerprint density at radius 3 is 2.65 bits per heavy atom. The van der Waals surface area contributed by atoms with E-state index in [-0.39, 0.29) is 12.1 Å². The quantitative estimate of drug-likeness (QED) is 0.788. The molecule has 2 aromatic rings. The van der Waals surface area contributed by atoms with E-state index in [0.717, 1.165) is 23.3 Å². The van der Waals surface area contributed by atoms with Crippen molar-refractivity contribution < 1.29 is 14.3 Å². The number of nitrogens with one attached hydrogen (secondary N) is 2. The van der Waals surface area contributed by atoms with Gasteiger partial charge in [-0.05, 0) is 42.3 Å². The molecule has 1 aliphatic heterocycles. The van der Waals surface area contributed by atoms with Crippen molar-refractivity contribution >= 4 is 29.2 Å². The molecule has 2 N–H and O–H groups in total. The second-order valence-electron chi connectivity index (χ2n) is 6.05. The van der Waals surface area contributed by atoms with Crippen LogP contribution in [0, 0.1) is 0 Å². The summed E-state index contributed by atoms with van der Waals surface area (Å²) in [7, 11) is 0. The molecule has 0 spiro atoms. The Morgan fingerprint density at radius 2 is 1.88 bits per heavy atom. The number of amides is 2. The molecule has 2 amide bonds. The minimum Gasteiger partial charge on any atom is -0.490 e. The molecule has 1 unspecified atom stereocenters. The Labute approximate surface area is 162 Å². The fourth-order valence-electron chi connectivity index (χ4n) is 2.68. The van der Waals surface area contributed by atoms with Crippen LogP contribution in [0.3, 0.4) is 0 Å². The van der Waals surface area contributed by atoms with Crippen LogP contribution in [0.5, 0.6) is 11.5 Å². The lowest BCUT2D eigenvalue weighted by molar-refractivity contribution is 0.237. The normalized spacial score (nSPS) is 14.3. The van der Waals surface area contributed by atoms with Gasteiger partial charge in [0.1, 0.15) is 0 Å². The van der Waals surface area contributed by atoms with Crippen LogP contribution in [-0.4, -0.2) is 19.2 Å². The highest BCUT2D eigenvalue weighted by atomic mass is 35.5. The van der Waals surface area contributed by atoms with Crippen molar-refractivity contribution in [2.75, 3.05) is 13.2 Å². The first-order chi connectivity index (χ1) is 12.5. The zero-order valence-electron chi connectivity index (χ0n) is 14.4. The van der Waals surface area contributed by atoms with Gasteiger partial charge >= 0.3 is 6.03 Å². The van der Waals surface area contributed by atoms with E-state index in [2.05, 4.69) is 10.6 Å². The summed E-state index contributed by atoms with van der Waals surface area (Å²) in [5.74, 6) is 1.45. The molecule has 26 heavy (non-hydrogen) atoms. The van der Waals surface area contributed by atoms with Crippen LogP contribution in [0.4, 0.5) is 4.79 Å². The van der Waals surface area contributed by atoms with Gasteiger partial charge in [-0.2, -0.15) is 0 Å². The van der Waals surface area contributed by atoms with Gasteiger partial charge in [-0.25, -0.2) is 4.79 Å². The third kappa shape index (κ3) is 4.74. The predicted octanol–water partition coefficient (Wildman–Crippen LogP) is 4.72. The lowest BCUT2D eigenvalue weighted by atomic mass is 10.1. The van der Waals surface area contributed by atoms with E-state index in [1.54, 1.807) is 18.2 Å². The van der Waals surface area contributed by atoms with E-state index >= 15 is 0 Å². The van der Waals surface area contributed by atoms with Crippen molar-refractivity contribution in [3.05, 3.63) is 57.6 Å². The zero-order chi connectivity index (χ0) is 18.5. The monoisotopic (exact) mass is 394 g/mol. The molecular formula is C19H20Cl2N2O3. The number of fused-ring (bicyclic) bond motifs is 1. The molecule has 0 aromatic heterocycles. The minimum absolute atomic E-state index is 0.247. The Balaban J connectivity index is 1.56. The first-order valence-electron chi connectivity index (χ1n) is 8.41. The molecule has 0 saturated heterocycles. The zero-order valence-corrected chi connectivity index (χ0v) is 15.9. The number of halogens is 2. The first-order valence-corrected chi connectivity index (χ1v) is 9.16. The molecular weight excluding hydrogens is 375 g/mol. The maximum atomic E-state index is 12.2. The third-order valence-electron chi connectivity index (χ3n) is 4.04. The minimum atomic E-state index is -0.282. The smallest absolute Gasteiger partial charge is 0.315 e. The number of urea groups is 1. The second-order valence-corrected chi connectivity index (χ2v) is 6.89. The molecule has 3 rings (SSSR count). The highest BCUT2D eigenvalue weighted by molar-refractivity contribution is 6.35. The van der Waals surface area contributed by atoms with Gasteiger partial charge in [0.05, 0.1) is 19.3 Å². The van der Waals surface area contributed by atoms with Crippen LogP contribution < -0.4 is 20.1 Å².